The standard InChI is InChI=1S/C19H32N2/c1-3-14-21-15-11-19(12-16-21)17(2)20-13-7-10-18-8-5-4-6-9-18/h4-6,8-9,17,19-20H,3,7,10-16H2,1-2H3. The van der Waals surface area contributed by atoms with E-state index in [4.69, 9.17) is 0 Å². The van der Waals surface area contributed by atoms with Crippen molar-refractivity contribution < 1.29 is 0 Å². The molecule has 1 saturated heterocycles. The fourth-order valence-electron chi connectivity index (χ4n) is 3.43. The van der Waals surface area contributed by atoms with Gasteiger partial charge in [-0.3, -0.25) is 0 Å². The number of aryl methyl sites for hydroxylation is 1. The Kier molecular flexibility index (Phi) is 7.25. The number of rotatable bonds is 8. The van der Waals surface area contributed by atoms with Crippen LogP contribution in [0.2, 0.25) is 0 Å². The summed E-state index contributed by atoms with van der Waals surface area (Å²) in [5, 5.41) is 3.75. The molecule has 2 nitrogen and oxygen atoms in total. The van der Waals surface area contributed by atoms with E-state index in [2.05, 4.69) is 54.4 Å². The van der Waals surface area contributed by atoms with E-state index in [0.29, 0.717) is 6.04 Å². The molecule has 1 aromatic rings. The Hall–Kier alpha value is -0.860. The number of nitrogens with one attached hydrogen (secondary N) is 1. The number of hydrogen-bond acceptors (Lipinski definition) is 2. The van der Waals surface area contributed by atoms with Crippen LogP contribution in [0.15, 0.2) is 30.3 Å². The van der Waals surface area contributed by atoms with Gasteiger partial charge in [0.1, 0.15) is 0 Å². The third kappa shape index (κ3) is 5.80. The summed E-state index contributed by atoms with van der Waals surface area (Å²) in [5.74, 6) is 0.870. The van der Waals surface area contributed by atoms with Crippen LogP contribution in [-0.2, 0) is 6.42 Å². The molecule has 1 heterocycles. The van der Waals surface area contributed by atoms with Gasteiger partial charge in [-0.05, 0) is 76.7 Å². The SMILES string of the molecule is CCCN1CCC(C(C)NCCCc2ccccc2)CC1. The summed E-state index contributed by atoms with van der Waals surface area (Å²) < 4.78 is 0. The third-order valence-corrected chi connectivity index (χ3v) is 4.83. The number of likely N-dealkylation sites (tertiary alicyclic amines) is 1. The Balaban J connectivity index is 1.58. The number of hydrogen-bond donors (Lipinski definition) is 1. The van der Waals surface area contributed by atoms with E-state index in [-0.39, 0.29) is 0 Å². The van der Waals surface area contributed by atoms with Gasteiger partial charge in [0, 0.05) is 6.04 Å². The lowest BCUT2D eigenvalue weighted by atomic mass is 9.90. The number of benzene rings is 1. The van der Waals surface area contributed by atoms with E-state index >= 15 is 0 Å². The summed E-state index contributed by atoms with van der Waals surface area (Å²) in [4.78, 5) is 2.62. The molecule has 0 aliphatic carbocycles. The van der Waals surface area contributed by atoms with Gasteiger partial charge in [0.05, 0.1) is 0 Å². The van der Waals surface area contributed by atoms with E-state index in [1.54, 1.807) is 0 Å². The minimum absolute atomic E-state index is 0.671. The van der Waals surface area contributed by atoms with E-state index in [1.165, 1.54) is 57.3 Å². The van der Waals surface area contributed by atoms with Gasteiger partial charge in [-0.25, -0.2) is 0 Å². The number of nitrogens with zero attached hydrogens (tertiary/aromatic N) is 1. The molecule has 1 N–H and O–H groups in total. The first-order chi connectivity index (χ1) is 10.3. The smallest absolute Gasteiger partial charge is 0.00679 e. The van der Waals surface area contributed by atoms with Gasteiger partial charge in [0.15, 0.2) is 0 Å². The molecule has 1 atom stereocenters. The molecule has 0 saturated carbocycles. The second kappa shape index (κ2) is 9.22. The molecule has 1 aromatic carbocycles. The molecule has 0 radical (unpaired) electrons. The van der Waals surface area contributed by atoms with Crippen molar-refractivity contribution in [2.45, 2.75) is 52.0 Å². The van der Waals surface area contributed by atoms with Crippen molar-refractivity contribution in [2.24, 2.45) is 5.92 Å². The molecule has 0 bridgehead atoms. The summed E-state index contributed by atoms with van der Waals surface area (Å²) in [6.45, 7) is 9.69. The molecule has 1 aliphatic rings. The second-order valence-electron chi connectivity index (χ2n) is 6.51. The van der Waals surface area contributed by atoms with Crippen molar-refractivity contribution in [3.63, 3.8) is 0 Å². The molecule has 0 aromatic heterocycles. The highest BCUT2D eigenvalue weighted by Crippen LogP contribution is 2.20. The Morgan fingerprint density at radius 2 is 1.90 bits per heavy atom. The highest BCUT2D eigenvalue weighted by atomic mass is 15.1. The summed E-state index contributed by atoms with van der Waals surface area (Å²) in [7, 11) is 0. The fourth-order valence-corrected chi connectivity index (χ4v) is 3.43. The Labute approximate surface area is 130 Å². The van der Waals surface area contributed by atoms with Gasteiger partial charge in [-0.2, -0.15) is 0 Å². The van der Waals surface area contributed by atoms with Crippen molar-refractivity contribution in [3.05, 3.63) is 35.9 Å². The van der Waals surface area contributed by atoms with Crippen LogP contribution in [0.1, 0.15) is 45.1 Å². The maximum Gasteiger partial charge on any atom is 0.00679 e. The topological polar surface area (TPSA) is 15.3 Å². The summed E-state index contributed by atoms with van der Waals surface area (Å²) in [6, 6.07) is 11.5. The van der Waals surface area contributed by atoms with Crippen LogP contribution in [-0.4, -0.2) is 37.1 Å². The van der Waals surface area contributed by atoms with Crippen LogP contribution in [0.25, 0.3) is 0 Å². The van der Waals surface area contributed by atoms with Crippen molar-refractivity contribution in [2.75, 3.05) is 26.2 Å². The van der Waals surface area contributed by atoms with E-state index < -0.39 is 0 Å². The first kappa shape index (κ1) is 16.5. The first-order valence-electron chi connectivity index (χ1n) is 8.79. The van der Waals surface area contributed by atoms with Crippen LogP contribution in [0.4, 0.5) is 0 Å². The monoisotopic (exact) mass is 288 g/mol. The molecule has 0 spiro atoms. The Morgan fingerprint density at radius 1 is 1.19 bits per heavy atom. The van der Waals surface area contributed by atoms with Crippen molar-refractivity contribution >= 4 is 0 Å². The van der Waals surface area contributed by atoms with Gasteiger partial charge < -0.3 is 10.2 Å². The van der Waals surface area contributed by atoms with Crippen LogP contribution < -0.4 is 5.32 Å². The average molecular weight is 288 g/mol. The lowest BCUT2D eigenvalue weighted by Gasteiger charge is -2.35. The van der Waals surface area contributed by atoms with Crippen molar-refractivity contribution in [1.29, 1.82) is 0 Å². The predicted molar refractivity (Wildman–Crippen MR) is 91.7 cm³/mol. The second-order valence-corrected chi connectivity index (χ2v) is 6.51. The molecule has 0 amide bonds. The Morgan fingerprint density at radius 3 is 2.57 bits per heavy atom. The van der Waals surface area contributed by atoms with Gasteiger partial charge in [-0.1, -0.05) is 37.3 Å². The lowest BCUT2D eigenvalue weighted by molar-refractivity contribution is 0.163. The zero-order valence-corrected chi connectivity index (χ0v) is 13.9. The van der Waals surface area contributed by atoms with Crippen LogP contribution in [0, 0.1) is 5.92 Å². The molecule has 1 aliphatic heterocycles. The normalized spacial score (nSPS) is 18.8. The third-order valence-electron chi connectivity index (χ3n) is 4.83. The highest BCUT2D eigenvalue weighted by molar-refractivity contribution is 5.14. The first-order valence-corrected chi connectivity index (χ1v) is 8.79. The summed E-state index contributed by atoms with van der Waals surface area (Å²) in [5.41, 5.74) is 1.46. The maximum atomic E-state index is 3.75. The number of piperidine rings is 1. The largest absolute Gasteiger partial charge is 0.314 e. The van der Waals surface area contributed by atoms with E-state index in [0.717, 1.165) is 12.5 Å². The van der Waals surface area contributed by atoms with E-state index in [9.17, 15) is 0 Å². The lowest BCUT2D eigenvalue weighted by Crippen LogP contribution is -2.42. The minimum atomic E-state index is 0.671. The summed E-state index contributed by atoms with van der Waals surface area (Å²) >= 11 is 0. The maximum absolute atomic E-state index is 3.75. The van der Waals surface area contributed by atoms with Crippen molar-refractivity contribution in [3.8, 4) is 0 Å². The molecular formula is C19H32N2. The minimum Gasteiger partial charge on any atom is -0.314 e. The molecule has 1 fully saturated rings. The molecule has 2 rings (SSSR count). The molecule has 1 unspecified atom stereocenters. The molecule has 118 valence electrons. The average Bonchev–Trinajstić information content (AvgIpc) is 2.53. The van der Waals surface area contributed by atoms with E-state index in [1.807, 2.05) is 0 Å². The van der Waals surface area contributed by atoms with Gasteiger partial charge in [0.2, 0.25) is 0 Å². The van der Waals surface area contributed by atoms with Gasteiger partial charge in [-0.15, -0.1) is 0 Å². The van der Waals surface area contributed by atoms with Crippen LogP contribution in [0.3, 0.4) is 0 Å². The quantitative estimate of drug-likeness (QED) is 0.733. The van der Waals surface area contributed by atoms with Crippen molar-refractivity contribution in [1.82, 2.24) is 10.2 Å². The van der Waals surface area contributed by atoms with Gasteiger partial charge in [0.25, 0.3) is 0 Å². The fraction of sp³-hybridized carbons (Fsp3) is 0.684. The molecule has 21 heavy (non-hydrogen) atoms. The molecule has 2 heteroatoms. The van der Waals surface area contributed by atoms with Crippen LogP contribution in [0.5, 0.6) is 0 Å². The summed E-state index contributed by atoms with van der Waals surface area (Å²) in [6.07, 6.45) is 6.45. The highest BCUT2D eigenvalue weighted by Gasteiger charge is 2.22. The molecular weight excluding hydrogens is 256 g/mol. The van der Waals surface area contributed by atoms with Gasteiger partial charge >= 0.3 is 0 Å². The zero-order valence-electron chi connectivity index (χ0n) is 13.9. The van der Waals surface area contributed by atoms with Crippen LogP contribution >= 0.6 is 0 Å². The zero-order chi connectivity index (χ0) is 14.9. The Bertz CT molecular complexity index is 368. The predicted octanol–water partition coefficient (Wildman–Crippen LogP) is 3.72.